The van der Waals surface area contributed by atoms with Gasteiger partial charge in [-0.1, -0.05) is 19.1 Å². The van der Waals surface area contributed by atoms with E-state index in [-0.39, 0.29) is 0 Å². The summed E-state index contributed by atoms with van der Waals surface area (Å²) < 4.78 is 0. The van der Waals surface area contributed by atoms with Gasteiger partial charge in [0, 0.05) is 31.7 Å². The minimum atomic E-state index is 0.804. The first-order valence-corrected chi connectivity index (χ1v) is 5.92. The number of pyridine rings is 2. The van der Waals surface area contributed by atoms with Gasteiger partial charge in [0.2, 0.25) is 0 Å². The predicted molar refractivity (Wildman–Crippen MR) is 68.4 cm³/mol. The van der Waals surface area contributed by atoms with Crippen LogP contribution in [0.2, 0.25) is 0 Å². The summed E-state index contributed by atoms with van der Waals surface area (Å²) in [5.41, 5.74) is 3.64. The molecular weight excluding hydrogens is 210 g/mol. The minimum Gasteiger partial charge on any atom is -0.307 e. The summed E-state index contributed by atoms with van der Waals surface area (Å²) in [4.78, 5) is 8.49. The Morgan fingerprint density at radius 2 is 2.00 bits per heavy atom. The molecule has 17 heavy (non-hydrogen) atoms. The van der Waals surface area contributed by atoms with Gasteiger partial charge in [-0.15, -0.1) is 0 Å². The van der Waals surface area contributed by atoms with Crippen LogP contribution < -0.4 is 5.32 Å². The van der Waals surface area contributed by atoms with Gasteiger partial charge in [-0.05, 0) is 29.7 Å². The molecule has 0 aromatic carbocycles. The van der Waals surface area contributed by atoms with Crippen molar-refractivity contribution >= 4 is 0 Å². The molecule has 88 valence electrons. The second-order valence-electron chi connectivity index (χ2n) is 3.93. The largest absolute Gasteiger partial charge is 0.307 e. The molecule has 0 amide bonds. The summed E-state index contributed by atoms with van der Waals surface area (Å²) >= 11 is 0. The molecule has 2 rings (SSSR count). The summed E-state index contributed by atoms with van der Waals surface area (Å²) in [6.07, 6.45) is 6.54. The smallest absolute Gasteiger partial charge is 0.0573 e. The van der Waals surface area contributed by atoms with E-state index < -0.39 is 0 Å². The van der Waals surface area contributed by atoms with Crippen LogP contribution in [-0.2, 0) is 19.5 Å². The number of nitrogens with one attached hydrogen (secondary N) is 1. The van der Waals surface area contributed by atoms with E-state index in [2.05, 4.69) is 34.3 Å². The fraction of sp³-hybridized carbons (Fsp3) is 0.286. The normalized spacial score (nSPS) is 10.4. The van der Waals surface area contributed by atoms with Gasteiger partial charge in [0.05, 0.1) is 5.69 Å². The Bertz CT molecular complexity index is 454. The van der Waals surface area contributed by atoms with Crippen LogP contribution in [-0.4, -0.2) is 9.97 Å². The molecule has 0 aliphatic heterocycles. The SMILES string of the molecule is CCc1cccnc1CNCc1cccnc1. The third-order valence-electron chi connectivity index (χ3n) is 2.71. The van der Waals surface area contributed by atoms with Gasteiger partial charge in [-0.2, -0.15) is 0 Å². The Morgan fingerprint density at radius 1 is 1.12 bits per heavy atom. The first-order valence-electron chi connectivity index (χ1n) is 5.92. The standard InChI is InChI=1S/C14H17N3/c1-2-13-6-4-8-17-14(13)11-16-10-12-5-3-7-15-9-12/h3-9,16H,2,10-11H2,1H3. The molecule has 3 heteroatoms. The highest BCUT2D eigenvalue weighted by molar-refractivity contribution is 5.19. The van der Waals surface area contributed by atoms with Crippen molar-refractivity contribution in [3.8, 4) is 0 Å². The van der Waals surface area contributed by atoms with Crippen molar-refractivity contribution in [1.29, 1.82) is 0 Å². The lowest BCUT2D eigenvalue weighted by molar-refractivity contribution is 0.672. The molecule has 0 spiro atoms. The van der Waals surface area contributed by atoms with Crippen LogP contribution in [0.1, 0.15) is 23.7 Å². The van der Waals surface area contributed by atoms with Crippen molar-refractivity contribution in [2.24, 2.45) is 0 Å². The van der Waals surface area contributed by atoms with Crippen LogP contribution in [0, 0.1) is 0 Å². The maximum Gasteiger partial charge on any atom is 0.0573 e. The van der Waals surface area contributed by atoms with E-state index >= 15 is 0 Å². The molecule has 0 fully saturated rings. The number of hydrogen-bond acceptors (Lipinski definition) is 3. The van der Waals surface area contributed by atoms with Crippen molar-refractivity contribution in [3.05, 3.63) is 59.7 Å². The van der Waals surface area contributed by atoms with E-state index in [9.17, 15) is 0 Å². The molecule has 2 aromatic heterocycles. The molecule has 0 saturated carbocycles. The Hall–Kier alpha value is -1.74. The van der Waals surface area contributed by atoms with Gasteiger partial charge >= 0.3 is 0 Å². The molecule has 0 atom stereocenters. The molecular formula is C14H17N3. The van der Waals surface area contributed by atoms with Crippen molar-refractivity contribution in [2.75, 3.05) is 0 Å². The maximum absolute atomic E-state index is 4.40. The number of hydrogen-bond donors (Lipinski definition) is 1. The van der Waals surface area contributed by atoms with Gasteiger partial charge < -0.3 is 5.32 Å². The van der Waals surface area contributed by atoms with Crippen LogP contribution in [0.15, 0.2) is 42.9 Å². The van der Waals surface area contributed by atoms with Crippen LogP contribution >= 0.6 is 0 Å². The Kier molecular flexibility index (Phi) is 4.22. The Balaban J connectivity index is 1.90. The second kappa shape index (κ2) is 6.11. The molecule has 0 radical (unpaired) electrons. The summed E-state index contributed by atoms with van der Waals surface area (Å²) in [5.74, 6) is 0. The summed E-state index contributed by atoms with van der Waals surface area (Å²) in [6.45, 7) is 3.79. The molecule has 0 aliphatic rings. The van der Waals surface area contributed by atoms with E-state index in [0.717, 1.165) is 25.2 Å². The van der Waals surface area contributed by atoms with Gasteiger partial charge in [-0.3, -0.25) is 9.97 Å². The average Bonchev–Trinajstić information content (AvgIpc) is 2.40. The number of nitrogens with zero attached hydrogens (tertiary/aromatic N) is 2. The van der Waals surface area contributed by atoms with Gasteiger partial charge in [-0.25, -0.2) is 0 Å². The molecule has 0 saturated heterocycles. The number of aromatic nitrogens is 2. The quantitative estimate of drug-likeness (QED) is 0.852. The lowest BCUT2D eigenvalue weighted by Gasteiger charge is -2.07. The lowest BCUT2D eigenvalue weighted by Crippen LogP contribution is -2.15. The van der Waals surface area contributed by atoms with Crippen molar-refractivity contribution in [2.45, 2.75) is 26.4 Å². The molecule has 2 aromatic rings. The molecule has 3 nitrogen and oxygen atoms in total. The molecule has 1 N–H and O–H groups in total. The van der Waals surface area contributed by atoms with Crippen LogP contribution in [0.3, 0.4) is 0 Å². The van der Waals surface area contributed by atoms with Crippen LogP contribution in [0.5, 0.6) is 0 Å². The van der Waals surface area contributed by atoms with E-state index in [4.69, 9.17) is 0 Å². The van der Waals surface area contributed by atoms with E-state index in [1.807, 2.05) is 24.5 Å². The Morgan fingerprint density at radius 3 is 2.76 bits per heavy atom. The average molecular weight is 227 g/mol. The van der Waals surface area contributed by atoms with Gasteiger partial charge in [0.15, 0.2) is 0 Å². The highest BCUT2D eigenvalue weighted by Gasteiger charge is 2.00. The highest BCUT2D eigenvalue weighted by Crippen LogP contribution is 2.06. The zero-order valence-electron chi connectivity index (χ0n) is 10.1. The summed E-state index contributed by atoms with van der Waals surface area (Å²) in [6, 6.07) is 8.14. The molecule has 0 aliphatic carbocycles. The molecule has 2 heterocycles. The lowest BCUT2D eigenvalue weighted by atomic mass is 10.1. The van der Waals surface area contributed by atoms with Crippen LogP contribution in [0.4, 0.5) is 0 Å². The van der Waals surface area contributed by atoms with Crippen molar-refractivity contribution in [3.63, 3.8) is 0 Å². The molecule has 0 bridgehead atoms. The molecule has 0 unspecified atom stereocenters. The second-order valence-corrected chi connectivity index (χ2v) is 3.93. The summed E-state index contributed by atoms with van der Waals surface area (Å²) in [5, 5.41) is 3.39. The predicted octanol–water partition coefficient (Wildman–Crippen LogP) is 2.33. The maximum atomic E-state index is 4.40. The van der Waals surface area contributed by atoms with Gasteiger partial charge in [0.1, 0.15) is 0 Å². The third-order valence-corrected chi connectivity index (χ3v) is 2.71. The van der Waals surface area contributed by atoms with E-state index in [0.29, 0.717) is 0 Å². The zero-order chi connectivity index (χ0) is 11.9. The van der Waals surface area contributed by atoms with Crippen LogP contribution in [0.25, 0.3) is 0 Å². The monoisotopic (exact) mass is 227 g/mol. The first-order chi connectivity index (χ1) is 8.40. The van der Waals surface area contributed by atoms with E-state index in [1.54, 1.807) is 6.20 Å². The van der Waals surface area contributed by atoms with Gasteiger partial charge in [0.25, 0.3) is 0 Å². The number of aryl methyl sites for hydroxylation is 1. The zero-order valence-corrected chi connectivity index (χ0v) is 10.1. The topological polar surface area (TPSA) is 37.8 Å². The third kappa shape index (κ3) is 3.36. The number of rotatable bonds is 5. The van der Waals surface area contributed by atoms with E-state index in [1.165, 1.54) is 11.1 Å². The minimum absolute atomic E-state index is 0.804. The first kappa shape index (κ1) is 11.7. The van der Waals surface area contributed by atoms with Crippen molar-refractivity contribution < 1.29 is 0 Å². The van der Waals surface area contributed by atoms with Crippen molar-refractivity contribution in [1.82, 2.24) is 15.3 Å². The fourth-order valence-electron chi connectivity index (χ4n) is 1.78. The Labute approximate surface area is 102 Å². The summed E-state index contributed by atoms with van der Waals surface area (Å²) in [7, 11) is 0. The fourth-order valence-corrected chi connectivity index (χ4v) is 1.78. The highest BCUT2D eigenvalue weighted by atomic mass is 14.9.